The van der Waals surface area contributed by atoms with Crippen molar-refractivity contribution in [2.75, 3.05) is 5.73 Å². The maximum absolute atomic E-state index is 5.68. The van der Waals surface area contributed by atoms with Crippen LogP contribution in [-0.4, -0.2) is 27.4 Å². The summed E-state index contributed by atoms with van der Waals surface area (Å²) in [5.74, 6) is 0.413. The van der Waals surface area contributed by atoms with Gasteiger partial charge in [0.2, 0.25) is 0 Å². The molecule has 2 rings (SSSR count). The largest absolute Gasteiger partial charge is 0.382 e. The van der Waals surface area contributed by atoms with Crippen LogP contribution in [0.25, 0.3) is 5.52 Å². The average molecular weight is 173 g/mol. The van der Waals surface area contributed by atoms with E-state index in [0.717, 1.165) is 12.1 Å². The number of anilines is 1. The minimum absolute atomic E-state index is 0.348. The molecule has 2 radical (unpaired) electrons. The van der Waals surface area contributed by atoms with Gasteiger partial charge in [0, 0.05) is 0 Å². The number of aryl methyl sites for hydroxylation is 1. The normalized spacial score (nSPS) is 10.8. The molecular formula is C7H8BN5. The maximum atomic E-state index is 5.68. The van der Waals surface area contributed by atoms with Crippen LogP contribution in [0, 0.1) is 0 Å². The number of imidazole rings is 1. The summed E-state index contributed by atoms with van der Waals surface area (Å²) in [6.45, 7) is 1.98. The number of fused-ring (bicyclic) bond motifs is 1. The molecule has 2 heterocycles. The minimum atomic E-state index is 0.348. The first-order valence-corrected chi connectivity index (χ1v) is 3.97. The molecule has 0 saturated carbocycles. The second kappa shape index (κ2) is 2.72. The van der Waals surface area contributed by atoms with Gasteiger partial charge in [-0.05, 0) is 6.42 Å². The van der Waals surface area contributed by atoms with Gasteiger partial charge >= 0.3 is 0 Å². The number of hydrogen-bond acceptors (Lipinski definition) is 4. The van der Waals surface area contributed by atoms with E-state index in [1.807, 2.05) is 6.92 Å². The molecule has 13 heavy (non-hydrogen) atoms. The third-order valence-electron chi connectivity index (χ3n) is 1.89. The third kappa shape index (κ3) is 1.06. The van der Waals surface area contributed by atoms with Crippen LogP contribution < -0.4 is 11.5 Å². The molecule has 0 fully saturated rings. The maximum Gasteiger partial charge on any atom is 0.170 e. The molecule has 2 aromatic rings. The lowest BCUT2D eigenvalue weighted by Crippen LogP contribution is -2.15. The molecule has 0 spiro atoms. The van der Waals surface area contributed by atoms with E-state index in [1.165, 1.54) is 10.8 Å². The molecule has 0 bridgehead atoms. The Labute approximate surface area is 76.4 Å². The van der Waals surface area contributed by atoms with Crippen molar-refractivity contribution in [2.45, 2.75) is 13.3 Å². The van der Waals surface area contributed by atoms with E-state index in [4.69, 9.17) is 13.6 Å². The Hall–Kier alpha value is -1.59. The highest BCUT2D eigenvalue weighted by Gasteiger charge is 2.09. The quantitative estimate of drug-likeness (QED) is 0.565. The molecule has 64 valence electrons. The molecule has 0 aliphatic rings. The lowest BCUT2D eigenvalue weighted by molar-refractivity contribution is 0.921. The smallest absolute Gasteiger partial charge is 0.170 e. The number of aromatic nitrogens is 4. The number of nitrogen functional groups attached to an aromatic ring is 1. The van der Waals surface area contributed by atoms with Crippen molar-refractivity contribution in [2.24, 2.45) is 0 Å². The highest BCUT2D eigenvalue weighted by Crippen LogP contribution is 2.11. The van der Waals surface area contributed by atoms with Crippen LogP contribution in [0.15, 0.2) is 6.33 Å². The van der Waals surface area contributed by atoms with Crippen molar-refractivity contribution >= 4 is 24.9 Å². The highest BCUT2D eigenvalue weighted by molar-refractivity contribution is 6.29. The first-order valence-electron chi connectivity index (χ1n) is 3.97. The van der Waals surface area contributed by atoms with Crippen LogP contribution in [0.1, 0.15) is 12.6 Å². The summed E-state index contributed by atoms with van der Waals surface area (Å²) in [6.07, 6.45) is 2.12. The van der Waals surface area contributed by atoms with Gasteiger partial charge in [-0.1, -0.05) is 6.92 Å². The lowest BCUT2D eigenvalue weighted by Gasteiger charge is -1.97. The van der Waals surface area contributed by atoms with Crippen LogP contribution in [0.2, 0.25) is 0 Å². The van der Waals surface area contributed by atoms with E-state index in [-0.39, 0.29) is 0 Å². The monoisotopic (exact) mass is 173 g/mol. The van der Waals surface area contributed by atoms with Gasteiger partial charge in [-0.2, -0.15) is 5.10 Å². The standard InChI is InChI=1S/C7H8BN5/c1-2-4-5-6(9)10-3-11-13(5)7(8)12-4/h3H,2H2,1H3,(H2,9,10,11). The van der Waals surface area contributed by atoms with Crippen LogP contribution in [-0.2, 0) is 6.42 Å². The molecule has 6 heteroatoms. The van der Waals surface area contributed by atoms with Crippen molar-refractivity contribution < 1.29 is 0 Å². The van der Waals surface area contributed by atoms with Crippen LogP contribution in [0.5, 0.6) is 0 Å². The van der Waals surface area contributed by atoms with E-state index >= 15 is 0 Å². The van der Waals surface area contributed by atoms with Crippen molar-refractivity contribution in [3.63, 3.8) is 0 Å². The summed E-state index contributed by atoms with van der Waals surface area (Å²) < 4.78 is 1.50. The van der Waals surface area contributed by atoms with E-state index < -0.39 is 0 Å². The molecule has 0 saturated heterocycles. The molecule has 0 aliphatic carbocycles. The fourth-order valence-corrected chi connectivity index (χ4v) is 1.30. The number of nitrogens with zero attached hydrogens (tertiary/aromatic N) is 4. The van der Waals surface area contributed by atoms with Crippen LogP contribution >= 0.6 is 0 Å². The van der Waals surface area contributed by atoms with E-state index in [0.29, 0.717) is 17.1 Å². The predicted molar refractivity (Wildman–Crippen MR) is 50.0 cm³/mol. The second-order valence-corrected chi connectivity index (χ2v) is 2.68. The summed E-state index contributed by atoms with van der Waals surface area (Å²) in [6, 6.07) is 0. The molecule has 0 atom stereocenters. The van der Waals surface area contributed by atoms with Gasteiger partial charge in [-0.3, -0.25) is 0 Å². The number of nitrogens with two attached hydrogens (primary N) is 1. The SMILES string of the molecule is [B]c1nc(CC)c2c(N)ncnn12. The fourth-order valence-electron chi connectivity index (χ4n) is 1.30. The van der Waals surface area contributed by atoms with E-state index in [9.17, 15) is 0 Å². The van der Waals surface area contributed by atoms with Gasteiger partial charge in [0.15, 0.2) is 13.7 Å². The highest BCUT2D eigenvalue weighted by atomic mass is 15.3. The van der Waals surface area contributed by atoms with Gasteiger partial charge in [-0.15, -0.1) is 0 Å². The zero-order valence-corrected chi connectivity index (χ0v) is 7.23. The van der Waals surface area contributed by atoms with Gasteiger partial charge < -0.3 is 5.73 Å². The summed E-state index contributed by atoms with van der Waals surface area (Å²) in [4.78, 5) is 8.01. The van der Waals surface area contributed by atoms with Crippen molar-refractivity contribution in [3.05, 3.63) is 12.0 Å². The topological polar surface area (TPSA) is 69.1 Å². The summed E-state index contributed by atoms with van der Waals surface area (Å²) >= 11 is 0. The molecule has 2 N–H and O–H groups in total. The summed E-state index contributed by atoms with van der Waals surface area (Å²) in [5.41, 5.74) is 7.57. The summed E-state index contributed by atoms with van der Waals surface area (Å²) in [5, 5.41) is 3.95. The Bertz CT molecular complexity index is 449. The molecule has 0 aliphatic heterocycles. The Morgan fingerprint density at radius 1 is 1.62 bits per heavy atom. The van der Waals surface area contributed by atoms with Gasteiger partial charge in [0.25, 0.3) is 0 Å². The number of rotatable bonds is 1. The van der Waals surface area contributed by atoms with Crippen LogP contribution in [0.3, 0.4) is 0 Å². The molecule has 0 amide bonds. The van der Waals surface area contributed by atoms with Crippen molar-refractivity contribution in [1.29, 1.82) is 0 Å². The van der Waals surface area contributed by atoms with Crippen LogP contribution in [0.4, 0.5) is 5.82 Å². The lowest BCUT2D eigenvalue weighted by atomic mass is 10.1. The Balaban J connectivity index is 2.89. The Morgan fingerprint density at radius 3 is 3.08 bits per heavy atom. The summed E-state index contributed by atoms with van der Waals surface area (Å²) in [7, 11) is 5.63. The third-order valence-corrected chi connectivity index (χ3v) is 1.89. The van der Waals surface area contributed by atoms with Crippen molar-refractivity contribution in [3.8, 4) is 0 Å². The Kier molecular flexibility index (Phi) is 1.68. The van der Waals surface area contributed by atoms with Crippen molar-refractivity contribution in [1.82, 2.24) is 19.6 Å². The first-order chi connectivity index (χ1) is 6.24. The van der Waals surface area contributed by atoms with E-state index in [2.05, 4.69) is 15.1 Å². The molecule has 0 aromatic carbocycles. The first kappa shape index (κ1) is 8.03. The average Bonchev–Trinajstić information content (AvgIpc) is 2.45. The molecule has 2 aromatic heterocycles. The van der Waals surface area contributed by atoms with Gasteiger partial charge in [0.05, 0.1) is 11.4 Å². The van der Waals surface area contributed by atoms with Gasteiger partial charge in [-0.25, -0.2) is 14.5 Å². The second-order valence-electron chi connectivity index (χ2n) is 2.68. The molecular weight excluding hydrogens is 165 g/mol. The van der Waals surface area contributed by atoms with E-state index in [1.54, 1.807) is 0 Å². The zero-order chi connectivity index (χ0) is 9.42. The predicted octanol–water partition coefficient (Wildman–Crippen LogP) is -0.937. The minimum Gasteiger partial charge on any atom is -0.382 e. The van der Waals surface area contributed by atoms with Gasteiger partial charge in [0.1, 0.15) is 11.8 Å². The molecule has 5 nitrogen and oxygen atoms in total. The number of hydrogen-bond donors (Lipinski definition) is 1. The fraction of sp³-hybridized carbons (Fsp3) is 0.286. The Morgan fingerprint density at radius 2 is 2.38 bits per heavy atom. The molecule has 0 unspecified atom stereocenters. The zero-order valence-electron chi connectivity index (χ0n) is 7.23.